The van der Waals surface area contributed by atoms with Crippen molar-refractivity contribution in [3.05, 3.63) is 40.1 Å². The van der Waals surface area contributed by atoms with Gasteiger partial charge >= 0.3 is 6.03 Å². The summed E-state index contributed by atoms with van der Waals surface area (Å²) in [6.45, 7) is 1.59. The van der Waals surface area contributed by atoms with Gasteiger partial charge in [0.1, 0.15) is 11.4 Å². The number of benzene rings is 1. The Kier molecular flexibility index (Phi) is 3.37. The standard InChI is InChI=1S/C10H9N5O4/c1-6-9(14-19-13-6)12-10(16)11-7-4-2-3-5-8(7)15(17)18/h2-5H,1H3,(H2,11,12,14,16). The maximum absolute atomic E-state index is 11.7. The average molecular weight is 263 g/mol. The Morgan fingerprint density at radius 1 is 1.32 bits per heavy atom. The molecule has 0 spiro atoms. The number of para-hydroxylation sites is 2. The van der Waals surface area contributed by atoms with Gasteiger partial charge in [-0.2, -0.15) is 0 Å². The van der Waals surface area contributed by atoms with Gasteiger partial charge in [0.2, 0.25) is 5.82 Å². The third-order valence-electron chi connectivity index (χ3n) is 2.23. The molecular formula is C10H9N5O4. The number of amides is 2. The minimum absolute atomic E-state index is 0.0825. The Morgan fingerprint density at radius 2 is 2.05 bits per heavy atom. The third kappa shape index (κ3) is 2.83. The second-order valence-corrected chi connectivity index (χ2v) is 3.55. The van der Waals surface area contributed by atoms with E-state index >= 15 is 0 Å². The topological polar surface area (TPSA) is 123 Å². The van der Waals surface area contributed by atoms with Crippen molar-refractivity contribution in [2.75, 3.05) is 10.6 Å². The zero-order chi connectivity index (χ0) is 13.8. The highest BCUT2D eigenvalue weighted by molar-refractivity contribution is 6.00. The van der Waals surface area contributed by atoms with Gasteiger partial charge in [-0.25, -0.2) is 9.42 Å². The van der Waals surface area contributed by atoms with Crippen LogP contribution in [0.25, 0.3) is 0 Å². The molecule has 0 atom stereocenters. The minimum atomic E-state index is -0.673. The van der Waals surface area contributed by atoms with Crippen LogP contribution >= 0.6 is 0 Å². The van der Waals surface area contributed by atoms with E-state index in [0.717, 1.165) is 0 Å². The Morgan fingerprint density at radius 3 is 2.68 bits per heavy atom. The largest absolute Gasteiger partial charge is 0.325 e. The van der Waals surface area contributed by atoms with Crippen molar-refractivity contribution in [3.8, 4) is 0 Å². The monoisotopic (exact) mass is 263 g/mol. The first kappa shape index (κ1) is 12.5. The molecule has 9 heteroatoms. The summed E-state index contributed by atoms with van der Waals surface area (Å²) in [6, 6.07) is 5.12. The van der Waals surface area contributed by atoms with Gasteiger partial charge in [-0.05, 0) is 18.1 Å². The number of nitrogens with zero attached hydrogens (tertiary/aromatic N) is 3. The lowest BCUT2D eigenvalue weighted by atomic mass is 10.3. The molecule has 0 saturated heterocycles. The maximum atomic E-state index is 11.7. The van der Waals surface area contributed by atoms with E-state index in [0.29, 0.717) is 5.69 Å². The lowest BCUT2D eigenvalue weighted by Crippen LogP contribution is -2.20. The van der Waals surface area contributed by atoms with Crippen LogP contribution in [0.15, 0.2) is 28.9 Å². The second kappa shape index (κ2) is 5.12. The zero-order valence-corrected chi connectivity index (χ0v) is 9.78. The molecule has 0 bridgehead atoms. The summed E-state index contributed by atoms with van der Waals surface area (Å²) in [4.78, 5) is 21.8. The number of carbonyl (C=O) groups is 1. The lowest BCUT2D eigenvalue weighted by Gasteiger charge is -2.05. The fraction of sp³-hybridized carbons (Fsp3) is 0.100. The molecule has 0 aliphatic carbocycles. The molecule has 0 aliphatic rings. The number of aromatic nitrogens is 2. The van der Waals surface area contributed by atoms with Gasteiger partial charge in [-0.3, -0.25) is 15.4 Å². The van der Waals surface area contributed by atoms with Crippen LogP contribution in [-0.4, -0.2) is 21.3 Å². The Balaban J connectivity index is 2.11. The van der Waals surface area contributed by atoms with Gasteiger partial charge in [-0.15, -0.1) is 0 Å². The molecule has 2 amide bonds. The predicted molar refractivity (Wildman–Crippen MR) is 64.8 cm³/mol. The van der Waals surface area contributed by atoms with Gasteiger partial charge in [-0.1, -0.05) is 17.3 Å². The van der Waals surface area contributed by atoms with Crippen molar-refractivity contribution in [2.24, 2.45) is 0 Å². The van der Waals surface area contributed by atoms with Gasteiger partial charge in [0, 0.05) is 6.07 Å². The molecule has 0 fully saturated rings. The zero-order valence-electron chi connectivity index (χ0n) is 9.78. The number of hydrogen-bond acceptors (Lipinski definition) is 6. The van der Waals surface area contributed by atoms with Crippen molar-refractivity contribution in [3.63, 3.8) is 0 Å². The smallest absolute Gasteiger partial charge is 0.302 e. The molecule has 98 valence electrons. The quantitative estimate of drug-likeness (QED) is 0.644. The molecule has 1 heterocycles. The van der Waals surface area contributed by atoms with E-state index in [9.17, 15) is 14.9 Å². The number of rotatable bonds is 3. The van der Waals surface area contributed by atoms with Gasteiger partial charge in [0.15, 0.2) is 0 Å². The van der Waals surface area contributed by atoms with Crippen molar-refractivity contribution in [1.82, 2.24) is 10.3 Å². The van der Waals surface area contributed by atoms with Crippen LogP contribution in [0, 0.1) is 17.0 Å². The number of nitro benzene ring substituents is 1. The molecule has 19 heavy (non-hydrogen) atoms. The van der Waals surface area contributed by atoms with E-state index in [1.807, 2.05) is 0 Å². The van der Waals surface area contributed by atoms with Gasteiger partial charge in [0.25, 0.3) is 5.69 Å². The minimum Gasteiger partial charge on any atom is -0.302 e. The highest BCUT2D eigenvalue weighted by Crippen LogP contribution is 2.23. The van der Waals surface area contributed by atoms with E-state index in [2.05, 4.69) is 25.6 Å². The number of anilines is 2. The lowest BCUT2D eigenvalue weighted by molar-refractivity contribution is -0.383. The molecule has 9 nitrogen and oxygen atoms in total. The van der Waals surface area contributed by atoms with Crippen LogP contribution in [-0.2, 0) is 0 Å². The molecule has 1 aromatic heterocycles. The first-order valence-electron chi connectivity index (χ1n) is 5.18. The second-order valence-electron chi connectivity index (χ2n) is 3.55. The number of nitro groups is 1. The molecular weight excluding hydrogens is 254 g/mol. The fourth-order valence-electron chi connectivity index (χ4n) is 1.34. The summed E-state index contributed by atoms with van der Waals surface area (Å²) in [7, 11) is 0. The van der Waals surface area contributed by atoms with Crippen molar-refractivity contribution < 1.29 is 14.3 Å². The van der Waals surface area contributed by atoms with E-state index in [4.69, 9.17) is 0 Å². The highest BCUT2D eigenvalue weighted by atomic mass is 16.6. The van der Waals surface area contributed by atoms with Gasteiger partial charge < -0.3 is 5.32 Å². The molecule has 2 N–H and O–H groups in total. The predicted octanol–water partition coefficient (Wildman–Crippen LogP) is 1.93. The van der Waals surface area contributed by atoms with E-state index in [-0.39, 0.29) is 17.2 Å². The molecule has 0 aliphatic heterocycles. The summed E-state index contributed by atoms with van der Waals surface area (Å²) in [5, 5.41) is 22.4. The summed E-state index contributed by atoms with van der Waals surface area (Å²) in [5.41, 5.74) is 0.282. The molecule has 0 radical (unpaired) electrons. The van der Waals surface area contributed by atoms with Crippen LogP contribution in [0.4, 0.5) is 22.0 Å². The number of hydrogen-bond donors (Lipinski definition) is 2. The van der Waals surface area contributed by atoms with Crippen LogP contribution in [0.1, 0.15) is 5.69 Å². The molecule has 1 aromatic carbocycles. The first-order chi connectivity index (χ1) is 9.08. The summed E-state index contributed by atoms with van der Waals surface area (Å²) < 4.78 is 4.41. The molecule has 0 unspecified atom stereocenters. The van der Waals surface area contributed by atoms with Crippen molar-refractivity contribution in [1.29, 1.82) is 0 Å². The molecule has 2 aromatic rings. The van der Waals surface area contributed by atoms with Crippen LogP contribution in [0.5, 0.6) is 0 Å². The summed E-state index contributed by atoms with van der Waals surface area (Å²) >= 11 is 0. The number of urea groups is 1. The highest BCUT2D eigenvalue weighted by Gasteiger charge is 2.16. The van der Waals surface area contributed by atoms with Crippen molar-refractivity contribution >= 4 is 23.2 Å². The van der Waals surface area contributed by atoms with Crippen LogP contribution < -0.4 is 10.6 Å². The Bertz CT molecular complexity index is 624. The fourth-order valence-corrected chi connectivity index (χ4v) is 1.34. The number of carbonyl (C=O) groups excluding carboxylic acids is 1. The van der Waals surface area contributed by atoms with Crippen molar-refractivity contribution in [2.45, 2.75) is 6.92 Å². The van der Waals surface area contributed by atoms with E-state index in [1.54, 1.807) is 13.0 Å². The van der Waals surface area contributed by atoms with Crippen LogP contribution in [0.2, 0.25) is 0 Å². The van der Waals surface area contributed by atoms with Crippen LogP contribution in [0.3, 0.4) is 0 Å². The summed E-state index contributed by atoms with van der Waals surface area (Å²) in [6.07, 6.45) is 0. The van der Waals surface area contributed by atoms with Gasteiger partial charge in [0.05, 0.1) is 4.92 Å². The summed E-state index contributed by atoms with van der Waals surface area (Å²) in [5.74, 6) is 0.149. The SMILES string of the molecule is Cc1nonc1NC(=O)Nc1ccccc1[N+](=O)[O-]. The Labute approximate surface area is 106 Å². The molecule has 2 rings (SSSR count). The average Bonchev–Trinajstić information content (AvgIpc) is 2.75. The van der Waals surface area contributed by atoms with E-state index in [1.165, 1.54) is 18.2 Å². The maximum Gasteiger partial charge on any atom is 0.325 e. The van der Waals surface area contributed by atoms with E-state index < -0.39 is 11.0 Å². The number of aryl methyl sites for hydroxylation is 1. The first-order valence-corrected chi connectivity index (χ1v) is 5.18. The third-order valence-corrected chi connectivity index (χ3v) is 2.23. The Hall–Kier alpha value is -2.97. The molecule has 0 saturated carbocycles. The number of nitrogens with one attached hydrogen (secondary N) is 2. The normalized spacial score (nSPS) is 9.95.